The largest absolute Gasteiger partial charge is 0.342 e. The molecular formula is C12H21N3O2S. The molecule has 0 atom stereocenters. The summed E-state index contributed by atoms with van der Waals surface area (Å²) in [7, 11) is 1.79. The molecule has 2 aliphatic rings. The molecule has 0 saturated carbocycles. The minimum Gasteiger partial charge on any atom is -0.342 e. The number of piperidine rings is 1. The van der Waals surface area contributed by atoms with Gasteiger partial charge in [0, 0.05) is 25.4 Å². The first-order chi connectivity index (χ1) is 8.66. The van der Waals surface area contributed by atoms with Crippen LogP contribution in [0.1, 0.15) is 12.8 Å². The van der Waals surface area contributed by atoms with Gasteiger partial charge in [0.25, 0.3) is 0 Å². The molecule has 5 nitrogen and oxygen atoms in total. The fraction of sp³-hybridized carbons (Fsp3) is 0.833. The number of carbonyl (C=O) groups excluding carboxylic acids is 2. The molecule has 2 amide bonds. The summed E-state index contributed by atoms with van der Waals surface area (Å²) in [4.78, 5) is 26.9. The molecular weight excluding hydrogens is 250 g/mol. The third-order valence-electron chi connectivity index (χ3n) is 3.54. The summed E-state index contributed by atoms with van der Waals surface area (Å²) < 4.78 is 0. The van der Waals surface area contributed by atoms with E-state index in [1.165, 1.54) is 0 Å². The van der Waals surface area contributed by atoms with Crippen LogP contribution in [0, 0.1) is 0 Å². The lowest BCUT2D eigenvalue weighted by molar-refractivity contribution is -0.142. The molecule has 0 aromatic carbocycles. The van der Waals surface area contributed by atoms with Crippen molar-refractivity contribution in [3.63, 3.8) is 0 Å². The van der Waals surface area contributed by atoms with Gasteiger partial charge in [0.05, 0.1) is 12.3 Å². The van der Waals surface area contributed by atoms with Crippen molar-refractivity contribution in [3.8, 4) is 0 Å². The Hall–Kier alpha value is -0.750. The first kappa shape index (κ1) is 13.7. The van der Waals surface area contributed by atoms with Gasteiger partial charge < -0.3 is 15.1 Å². The third kappa shape index (κ3) is 3.62. The van der Waals surface area contributed by atoms with Crippen LogP contribution < -0.4 is 5.32 Å². The number of hydrogen-bond donors (Lipinski definition) is 1. The van der Waals surface area contributed by atoms with Gasteiger partial charge in [0.15, 0.2) is 0 Å². The summed E-state index contributed by atoms with van der Waals surface area (Å²) in [5.74, 6) is 0.670. The van der Waals surface area contributed by atoms with Crippen LogP contribution in [0.15, 0.2) is 0 Å². The van der Waals surface area contributed by atoms with Crippen LogP contribution >= 0.6 is 11.8 Å². The highest BCUT2D eigenvalue weighted by Gasteiger charge is 2.25. The maximum absolute atomic E-state index is 12.0. The number of piperazine rings is 1. The Kier molecular flexibility index (Phi) is 4.88. The molecule has 0 bridgehead atoms. The van der Waals surface area contributed by atoms with Crippen molar-refractivity contribution in [1.29, 1.82) is 0 Å². The molecule has 0 aromatic rings. The lowest BCUT2D eigenvalue weighted by Gasteiger charge is -2.32. The van der Waals surface area contributed by atoms with Crippen LogP contribution in [0.5, 0.6) is 0 Å². The Balaban J connectivity index is 1.72. The Labute approximate surface area is 112 Å². The van der Waals surface area contributed by atoms with Gasteiger partial charge in [0.2, 0.25) is 11.8 Å². The van der Waals surface area contributed by atoms with Crippen molar-refractivity contribution in [1.82, 2.24) is 15.1 Å². The lowest BCUT2D eigenvalue weighted by Crippen LogP contribution is -2.51. The zero-order valence-corrected chi connectivity index (χ0v) is 11.7. The van der Waals surface area contributed by atoms with E-state index in [2.05, 4.69) is 5.32 Å². The fourth-order valence-corrected chi connectivity index (χ4v) is 3.34. The van der Waals surface area contributed by atoms with Crippen molar-refractivity contribution in [3.05, 3.63) is 0 Å². The molecule has 2 rings (SSSR count). The van der Waals surface area contributed by atoms with Gasteiger partial charge in [-0.1, -0.05) is 0 Å². The number of carbonyl (C=O) groups is 2. The monoisotopic (exact) mass is 271 g/mol. The Morgan fingerprint density at radius 2 is 2.11 bits per heavy atom. The van der Waals surface area contributed by atoms with Crippen molar-refractivity contribution in [2.45, 2.75) is 18.1 Å². The molecule has 2 heterocycles. The number of likely N-dealkylation sites (N-methyl/N-ethyl adjacent to an activating group) is 1. The minimum absolute atomic E-state index is 0.0430. The maximum Gasteiger partial charge on any atom is 0.241 e. The lowest BCUT2D eigenvalue weighted by atomic mass is 10.2. The van der Waals surface area contributed by atoms with Crippen LogP contribution in [0.2, 0.25) is 0 Å². The highest BCUT2D eigenvalue weighted by molar-refractivity contribution is 8.00. The summed E-state index contributed by atoms with van der Waals surface area (Å²) in [5, 5.41) is 3.91. The van der Waals surface area contributed by atoms with Crippen LogP contribution in [0.25, 0.3) is 0 Å². The predicted molar refractivity (Wildman–Crippen MR) is 72.6 cm³/mol. The zero-order chi connectivity index (χ0) is 13.0. The van der Waals surface area contributed by atoms with E-state index in [1.54, 1.807) is 28.6 Å². The van der Waals surface area contributed by atoms with Crippen LogP contribution in [0.3, 0.4) is 0 Å². The zero-order valence-electron chi connectivity index (χ0n) is 10.9. The quantitative estimate of drug-likeness (QED) is 0.770. The average molecular weight is 271 g/mol. The highest BCUT2D eigenvalue weighted by atomic mass is 32.2. The molecule has 1 N–H and O–H groups in total. The van der Waals surface area contributed by atoms with Gasteiger partial charge in [-0.25, -0.2) is 0 Å². The van der Waals surface area contributed by atoms with Gasteiger partial charge in [-0.2, -0.15) is 0 Å². The van der Waals surface area contributed by atoms with E-state index in [1.807, 2.05) is 0 Å². The van der Waals surface area contributed by atoms with Crippen molar-refractivity contribution in [2.24, 2.45) is 0 Å². The summed E-state index contributed by atoms with van der Waals surface area (Å²) in [6, 6.07) is 0. The molecule has 0 unspecified atom stereocenters. The topological polar surface area (TPSA) is 52.6 Å². The minimum atomic E-state index is 0.0430. The van der Waals surface area contributed by atoms with E-state index in [4.69, 9.17) is 0 Å². The SMILES string of the molecule is CN1CCN(C(=O)CSC2CCNCC2)CC1=O. The fourth-order valence-electron chi connectivity index (χ4n) is 2.21. The van der Waals surface area contributed by atoms with Crippen molar-refractivity contribution < 1.29 is 9.59 Å². The van der Waals surface area contributed by atoms with E-state index >= 15 is 0 Å². The molecule has 0 radical (unpaired) electrons. The van der Waals surface area contributed by atoms with Crippen LogP contribution in [0.4, 0.5) is 0 Å². The second kappa shape index (κ2) is 6.43. The summed E-state index contributed by atoms with van der Waals surface area (Å²) >= 11 is 1.75. The molecule has 2 fully saturated rings. The van der Waals surface area contributed by atoms with Gasteiger partial charge >= 0.3 is 0 Å². The number of thioether (sulfide) groups is 1. The number of nitrogens with zero attached hydrogens (tertiary/aromatic N) is 2. The first-order valence-corrected chi connectivity index (χ1v) is 7.56. The molecule has 2 aliphatic heterocycles. The molecule has 102 valence electrons. The molecule has 18 heavy (non-hydrogen) atoms. The Bertz CT molecular complexity index is 318. The molecule has 2 saturated heterocycles. The van der Waals surface area contributed by atoms with E-state index < -0.39 is 0 Å². The summed E-state index contributed by atoms with van der Waals surface area (Å²) in [6.07, 6.45) is 2.28. The standard InChI is InChI=1S/C12H21N3O2S/c1-14-6-7-15(8-11(14)16)12(17)9-18-10-2-4-13-5-3-10/h10,13H,2-9H2,1H3. The smallest absolute Gasteiger partial charge is 0.241 e. The van der Waals surface area contributed by atoms with Crippen LogP contribution in [-0.2, 0) is 9.59 Å². The number of nitrogens with one attached hydrogen (secondary N) is 1. The molecule has 0 aliphatic carbocycles. The highest BCUT2D eigenvalue weighted by Crippen LogP contribution is 2.20. The van der Waals surface area contributed by atoms with Gasteiger partial charge in [0.1, 0.15) is 0 Å². The molecule has 0 aromatic heterocycles. The van der Waals surface area contributed by atoms with E-state index in [9.17, 15) is 9.59 Å². The normalized spacial score (nSPS) is 22.4. The first-order valence-electron chi connectivity index (χ1n) is 6.51. The third-order valence-corrected chi connectivity index (χ3v) is 4.90. The number of amides is 2. The maximum atomic E-state index is 12.0. The molecule has 0 spiro atoms. The van der Waals surface area contributed by atoms with Crippen molar-refractivity contribution in [2.75, 3.05) is 45.5 Å². The van der Waals surface area contributed by atoms with Gasteiger partial charge in [-0.3, -0.25) is 9.59 Å². The average Bonchev–Trinajstić information content (AvgIpc) is 2.40. The summed E-state index contributed by atoms with van der Waals surface area (Å²) in [5.41, 5.74) is 0. The second-order valence-electron chi connectivity index (χ2n) is 4.89. The summed E-state index contributed by atoms with van der Waals surface area (Å²) in [6.45, 7) is 3.69. The van der Waals surface area contributed by atoms with E-state index in [0.29, 0.717) is 24.1 Å². The predicted octanol–water partition coefficient (Wildman–Crippen LogP) is -0.228. The van der Waals surface area contributed by atoms with Crippen LogP contribution in [-0.4, -0.2) is 72.4 Å². The Morgan fingerprint density at radius 1 is 1.39 bits per heavy atom. The Morgan fingerprint density at radius 3 is 2.78 bits per heavy atom. The number of hydrogen-bond acceptors (Lipinski definition) is 4. The van der Waals surface area contributed by atoms with Gasteiger partial charge in [-0.15, -0.1) is 11.8 Å². The van der Waals surface area contributed by atoms with E-state index in [0.717, 1.165) is 25.9 Å². The number of rotatable bonds is 3. The second-order valence-corrected chi connectivity index (χ2v) is 6.18. The molecule has 6 heteroatoms. The van der Waals surface area contributed by atoms with Crippen molar-refractivity contribution >= 4 is 23.6 Å². The van der Waals surface area contributed by atoms with E-state index in [-0.39, 0.29) is 18.4 Å². The van der Waals surface area contributed by atoms with Gasteiger partial charge in [-0.05, 0) is 25.9 Å².